The lowest BCUT2D eigenvalue weighted by Crippen LogP contribution is -2.68. The van der Waals surface area contributed by atoms with Crippen molar-refractivity contribution in [3.63, 3.8) is 0 Å². The van der Waals surface area contributed by atoms with Gasteiger partial charge in [-0.05, 0) is 43.0 Å². The number of amides is 2. The molecular formula is C23H23F3N2O5. The van der Waals surface area contributed by atoms with Gasteiger partial charge < -0.3 is 15.2 Å². The highest BCUT2D eigenvalue weighted by atomic mass is 19.4. The Labute approximate surface area is 187 Å². The lowest BCUT2D eigenvalue weighted by atomic mass is 9.97. The quantitative estimate of drug-likeness (QED) is 0.603. The van der Waals surface area contributed by atoms with Gasteiger partial charge in [-0.3, -0.25) is 10.1 Å². The first-order valence-electron chi connectivity index (χ1n) is 10.0. The van der Waals surface area contributed by atoms with Gasteiger partial charge in [-0.2, -0.15) is 13.2 Å². The van der Waals surface area contributed by atoms with Crippen LogP contribution in [0.5, 0.6) is 0 Å². The fourth-order valence-electron chi connectivity index (χ4n) is 3.56. The lowest BCUT2D eigenvalue weighted by Gasteiger charge is -2.34. The normalized spacial score (nSPS) is 15.1. The van der Waals surface area contributed by atoms with E-state index in [1.165, 1.54) is 0 Å². The number of carboxylic acid groups (broad SMARTS) is 1. The third-order valence-corrected chi connectivity index (χ3v) is 5.68. The minimum Gasteiger partial charge on any atom is -0.480 e. The van der Waals surface area contributed by atoms with Gasteiger partial charge in [-0.15, -0.1) is 0 Å². The second-order valence-electron chi connectivity index (χ2n) is 8.46. The van der Waals surface area contributed by atoms with Gasteiger partial charge in [-0.25, -0.2) is 9.59 Å². The number of halogens is 3. The average molecular weight is 464 g/mol. The molecule has 1 aliphatic rings. The molecule has 33 heavy (non-hydrogen) atoms. The SMILES string of the molecule is CC(C)(NC(=O)C(C)(NC(=O)OCC1c2ccccc2-c2ccccc21)C(F)(F)F)C(=O)O. The Balaban J connectivity index is 1.77. The van der Waals surface area contributed by atoms with Crippen molar-refractivity contribution >= 4 is 18.0 Å². The molecule has 0 heterocycles. The standard InChI is InChI=1S/C23H23F3N2O5/c1-21(2,19(30)31)27-18(29)22(3,23(24,25)26)28-20(32)33-12-17-15-10-6-4-8-13(15)14-9-5-7-11-16(14)17/h4-11,17H,12H2,1-3H3,(H,27,29)(H,28,32)(H,30,31). The van der Waals surface area contributed by atoms with Crippen LogP contribution in [0.25, 0.3) is 11.1 Å². The maximum atomic E-state index is 13.7. The topological polar surface area (TPSA) is 105 Å². The van der Waals surface area contributed by atoms with Crippen LogP contribution in [-0.4, -0.2) is 46.9 Å². The van der Waals surface area contributed by atoms with Gasteiger partial charge in [0.05, 0.1) is 0 Å². The molecule has 0 aliphatic heterocycles. The van der Waals surface area contributed by atoms with Gasteiger partial charge in [-0.1, -0.05) is 48.5 Å². The van der Waals surface area contributed by atoms with E-state index in [-0.39, 0.29) is 12.5 Å². The second kappa shape index (κ2) is 8.42. The number of aliphatic carboxylic acids is 1. The smallest absolute Gasteiger partial charge is 0.420 e. The zero-order valence-electron chi connectivity index (χ0n) is 18.1. The fourth-order valence-corrected chi connectivity index (χ4v) is 3.56. The summed E-state index contributed by atoms with van der Waals surface area (Å²) in [5.74, 6) is -3.66. The maximum absolute atomic E-state index is 13.7. The van der Waals surface area contributed by atoms with Crippen molar-refractivity contribution in [3.8, 4) is 11.1 Å². The van der Waals surface area contributed by atoms with Gasteiger partial charge in [0, 0.05) is 5.92 Å². The van der Waals surface area contributed by atoms with Crippen molar-refractivity contribution in [2.45, 2.75) is 43.9 Å². The molecule has 1 atom stereocenters. The Morgan fingerprint density at radius 2 is 1.39 bits per heavy atom. The van der Waals surface area contributed by atoms with Gasteiger partial charge >= 0.3 is 18.2 Å². The number of carbonyl (C=O) groups is 3. The molecule has 7 nitrogen and oxygen atoms in total. The van der Waals surface area contributed by atoms with E-state index in [4.69, 9.17) is 9.84 Å². The summed E-state index contributed by atoms with van der Waals surface area (Å²) in [6.45, 7) is 2.24. The maximum Gasteiger partial charge on any atom is 0.420 e. The molecule has 2 amide bonds. The van der Waals surface area contributed by atoms with E-state index in [1.807, 2.05) is 48.5 Å². The van der Waals surface area contributed by atoms with Gasteiger partial charge in [0.25, 0.3) is 5.91 Å². The van der Waals surface area contributed by atoms with E-state index in [1.54, 1.807) is 10.6 Å². The molecule has 3 rings (SSSR count). The van der Waals surface area contributed by atoms with E-state index < -0.39 is 35.2 Å². The highest BCUT2D eigenvalue weighted by Gasteiger charge is 2.59. The van der Waals surface area contributed by atoms with E-state index in [9.17, 15) is 27.6 Å². The number of benzene rings is 2. The molecular weight excluding hydrogens is 441 g/mol. The molecule has 2 aromatic rings. The predicted molar refractivity (Wildman–Crippen MR) is 113 cm³/mol. The third-order valence-electron chi connectivity index (χ3n) is 5.68. The number of hydrogen-bond acceptors (Lipinski definition) is 4. The molecule has 0 saturated heterocycles. The van der Waals surface area contributed by atoms with Crippen LogP contribution >= 0.6 is 0 Å². The summed E-state index contributed by atoms with van der Waals surface area (Å²) >= 11 is 0. The Morgan fingerprint density at radius 3 is 1.85 bits per heavy atom. The van der Waals surface area contributed by atoms with E-state index in [2.05, 4.69) is 0 Å². The summed E-state index contributed by atoms with van der Waals surface area (Å²) in [5.41, 5.74) is -1.79. The van der Waals surface area contributed by atoms with Crippen LogP contribution < -0.4 is 10.6 Å². The largest absolute Gasteiger partial charge is 0.480 e. The predicted octanol–water partition coefficient (Wildman–Crippen LogP) is 3.83. The highest BCUT2D eigenvalue weighted by Crippen LogP contribution is 2.44. The van der Waals surface area contributed by atoms with Crippen molar-refractivity contribution in [1.29, 1.82) is 0 Å². The average Bonchev–Trinajstić information content (AvgIpc) is 3.04. The van der Waals surface area contributed by atoms with E-state index >= 15 is 0 Å². The van der Waals surface area contributed by atoms with Crippen LogP contribution in [0.15, 0.2) is 48.5 Å². The molecule has 10 heteroatoms. The molecule has 1 aliphatic carbocycles. The number of hydrogen-bond donors (Lipinski definition) is 3. The van der Waals surface area contributed by atoms with Crippen LogP contribution in [-0.2, 0) is 14.3 Å². The molecule has 3 N–H and O–H groups in total. The van der Waals surface area contributed by atoms with Crippen LogP contribution in [0.4, 0.5) is 18.0 Å². The summed E-state index contributed by atoms with van der Waals surface area (Å²) in [5, 5.41) is 12.5. The van der Waals surface area contributed by atoms with Gasteiger partial charge in [0.2, 0.25) is 5.54 Å². The van der Waals surface area contributed by atoms with Crippen LogP contribution in [0, 0.1) is 0 Å². The van der Waals surface area contributed by atoms with Crippen molar-refractivity contribution in [2.75, 3.05) is 6.61 Å². The van der Waals surface area contributed by atoms with Crippen LogP contribution in [0.2, 0.25) is 0 Å². The molecule has 0 bridgehead atoms. The summed E-state index contributed by atoms with van der Waals surface area (Å²) < 4.78 is 46.4. The first-order chi connectivity index (χ1) is 15.3. The number of alkyl carbamates (subject to hydrolysis) is 1. The zero-order valence-corrected chi connectivity index (χ0v) is 18.1. The van der Waals surface area contributed by atoms with E-state index in [0.29, 0.717) is 6.92 Å². The molecule has 176 valence electrons. The summed E-state index contributed by atoms with van der Waals surface area (Å²) in [7, 11) is 0. The van der Waals surface area contributed by atoms with E-state index in [0.717, 1.165) is 36.1 Å². The Morgan fingerprint density at radius 1 is 0.909 bits per heavy atom. The number of fused-ring (bicyclic) bond motifs is 3. The molecule has 0 fully saturated rings. The summed E-state index contributed by atoms with van der Waals surface area (Å²) in [4.78, 5) is 35.9. The number of rotatable bonds is 6. The zero-order chi connectivity index (χ0) is 24.6. The number of nitrogens with one attached hydrogen (secondary N) is 2. The number of ether oxygens (including phenoxy) is 1. The Bertz CT molecular complexity index is 1050. The minimum absolute atomic E-state index is 0.254. The van der Waals surface area contributed by atoms with Crippen molar-refractivity contribution < 1.29 is 37.4 Å². The molecule has 0 spiro atoms. The lowest BCUT2D eigenvalue weighted by molar-refractivity contribution is -0.195. The Hall–Kier alpha value is -3.56. The summed E-state index contributed by atoms with van der Waals surface area (Å²) in [6.07, 6.45) is -6.68. The van der Waals surface area contributed by atoms with Crippen molar-refractivity contribution in [3.05, 3.63) is 59.7 Å². The number of carbonyl (C=O) groups excluding carboxylic acids is 2. The summed E-state index contributed by atoms with van der Waals surface area (Å²) in [6, 6.07) is 14.9. The number of carboxylic acids is 1. The fraction of sp³-hybridized carbons (Fsp3) is 0.348. The molecule has 2 aromatic carbocycles. The van der Waals surface area contributed by atoms with Crippen molar-refractivity contribution in [1.82, 2.24) is 10.6 Å². The number of alkyl halides is 3. The first kappa shape index (κ1) is 24.1. The molecule has 0 radical (unpaired) electrons. The minimum atomic E-state index is -5.22. The highest BCUT2D eigenvalue weighted by molar-refractivity contribution is 5.94. The van der Waals surface area contributed by atoms with Crippen molar-refractivity contribution in [2.24, 2.45) is 0 Å². The molecule has 0 aromatic heterocycles. The molecule has 1 unspecified atom stereocenters. The first-order valence-corrected chi connectivity index (χ1v) is 10.0. The molecule has 0 saturated carbocycles. The van der Waals surface area contributed by atoms with Gasteiger partial charge in [0.1, 0.15) is 12.1 Å². The Kier molecular flexibility index (Phi) is 6.14. The third kappa shape index (κ3) is 4.50. The van der Waals surface area contributed by atoms with Crippen LogP contribution in [0.3, 0.4) is 0 Å². The van der Waals surface area contributed by atoms with Crippen LogP contribution in [0.1, 0.15) is 37.8 Å². The second-order valence-corrected chi connectivity index (χ2v) is 8.46. The monoisotopic (exact) mass is 464 g/mol. The van der Waals surface area contributed by atoms with Gasteiger partial charge in [0.15, 0.2) is 0 Å².